The summed E-state index contributed by atoms with van der Waals surface area (Å²) in [7, 11) is 0. The number of nitriles is 1. The molecule has 0 amide bonds. The lowest BCUT2D eigenvalue weighted by atomic mass is 9.81. The van der Waals surface area contributed by atoms with Crippen LogP contribution in [0.15, 0.2) is 30.5 Å². The Labute approximate surface area is 138 Å². The molecule has 0 saturated carbocycles. The van der Waals surface area contributed by atoms with E-state index < -0.39 is 0 Å². The Balaban J connectivity index is 1.77. The number of aryl methyl sites for hydroxylation is 1. The van der Waals surface area contributed by atoms with Gasteiger partial charge in [-0.3, -0.25) is 0 Å². The Morgan fingerprint density at radius 1 is 1.30 bits per heavy atom. The van der Waals surface area contributed by atoms with Crippen LogP contribution in [0.25, 0.3) is 11.4 Å². The van der Waals surface area contributed by atoms with Gasteiger partial charge in [0.1, 0.15) is 0 Å². The first-order valence-corrected chi connectivity index (χ1v) is 8.55. The molecule has 3 rings (SSSR count). The fraction of sp³-hybridized carbons (Fsp3) is 0.450. The largest absolute Gasteiger partial charge is 0.236 e. The van der Waals surface area contributed by atoms with Gasteiger partial charge in [-0.1, -0.05) is 20.3 Å². The molecule has 3 nitrogen and oxygen atoms in total. The van der Waals surface area contributed by atoms with Gasteiger partial charge in [-0.2, -0.15) is 5.26 Å². The lowest BCUT2D eigenvalue weighted by molar-refractivity contribution is 0.346. The summed E-state index contributed by atoms with van der Waals surface area (Å²) in [6, 6.07) is 9.63. The Hall–Kier alpha value is -2.21. The highest BCUT2D eigenvalue weighted by molar-refractivity contribution is 5.56. The molecule has 1 aliphatic carbocycles. The first kappa shape index (κ1) is 15.7. The van der Waals surface area contributed by atoms with Crippen LogP contribution in [0.1, 0.15) is 49.9 Å². The van der Waals surface area contributed by atoms with E-state index in [-0.39, 0.29) is 0 Å². The van der Waals surface area contributed by atoms with E-state index >= 15 is 0 Å². The van der Waals surface area contributed by atoms with Crippen molar-refractivity contribution in [3.63, 3.8) is 0 Å². The van der Waals surface area contributed by atoms with E-state index in [2.05, 4.69) is 24.9 Å². The zero-order chi connectivity index (χ0) is 16.2. The molecule has 1 aliphatic rings. The van der Waals surface area contributed by atoms with Crippen LogP contribution >= 0.6 is 0 Å². The van der Waals surface area contributed by atoms with Crippen LogP contribution in [0, 0.1) is 23.2 Å². The van der Waals surface area contributed by atoms with Crippen molar-refractivity contribution in [1.29, 1.82) is 5.26 Å². The summed E-state index contributed by atoms with van der Waals surface area (Å²) in [5.74, 6) is 2.36. The number of nitrogens with zero attached hydrogens (tertiary/aromatic N) is 3. The van der Waals surface area contributed by atoms with Gasteiger partial charge in [-0.25, -0.2) is 9.97 Å². The van der Waals surface area contributed by atoms with Gasteiger partial charge in [-0.15, -0.1) is 0 Å². The predicted octanol–water partition coefficient (Wildman–Crippen LogP) is 4.56. The minimum absolute atomic E-state index is 0.666. The molecular weight excluding hydrogens is 282 g/mol. The van der Waals surface area contributed by atoms with E-state index in [1.165, 1.54) is 30.5 Å². The molecular formula is C20H23N3. The van der Waals surface area contributed by atoms with E-state index in [0.717, 1.165) is 36.1 Å². The number of hydrogen-bond donors (Lipinski definition) is 0. The van der Waals surface area contributed by atoms with Crippen molar-refractivity contribution in [2.24, 2.45) is 11.8 Å². The standard InChI is InChI=1S/C20H23N3/c1-3-14(2)10-16-6-9-19-18(11-16)13-22-20(23-19)17-7-4-15(12-21)5-8-17/h4-5,7-8,13-14,16H,3,6,9-11H2,1-2H3. The molecule has 0 bridgehead atoms. The van der Waals surface area contributed by atoms with Gasteiger partial charge in [0.05, 0.1) is 11.6 Å². The Bertz CT molecular complexity index is 713. The first-order valence-electron chi connectivity index (χ1n) is 8.55. The highest BCUT2D eigenvalue weighted by Crippen LogP contribution is 2.30. The third-order valence-corrected chi connectivity index (χ3v) is 4.96. The van der Waals surface area contributed by atoms with Gasteiger partial charge in [0, 0.05) is 17.5 Å². The van der Waals surface area contributed by atoms with Gasteiger partial charge in [0.2, 0.25) is 0 Å². The summed E-state index contributed by atoms with van der Waals surface area (Å²) < 4.78 is 0. The first-order chi connectivity index (χ1) is 11.2. The SMILES string of the molecule is CCC(C)CC1CCc2nc(-c3ccc(C#N)cc3)ncc2C1. The highest BCUT2D eigenvalue weighted by atomic mass is 14.9. The lowest BCUT2D eigenvalue weighted by Gasteiger charge is -2.26. The Morgan fingerprint density at radius 3 is 2.78 bits per heavy atom. The average molecular weight is 305 g/mol. The topological polar surface area (TPSA) is 49.6 Å². The Kier molecular flexibility index (Phi) is 4.71. The molecule has 1 heterocycles. The van der Waals surface area contributed by atoms with E-state index in [9.17, 15) is 0 Å². The molecule has 0 radical (unpaired) electrons. The molecule has 3 heteroatoms. The van der Waals surface area contributed by atoms with Gasteiger partial charge in [0.15, 0.2) is 5.82 Å². The average Bonchev–Trinajstić information content (AvgIpc) is 2.61. The van der Waals surface area contributed by atoms with Crippen LogP contribution < -0.4 is 0 Å². The van der Waals surface area contributed by atoms with E-state index in [4.69, 9.17) is 10.2 Å². The van der Waals surface area contributed by atoms with E-state index in [0.29, 0.717) is 5.56 Å². The monoisotopic (exact) mass is 305 g/mol. The summed E-state index contributed by atoms with van der Waals surface area (Å²) in [4.78, 5) is 9.34. The fourth-order valence-electron chi connectivity index (χ4n) is 3.35. The molecule has 23 heavy (non-hydrogen) atoms. The maximum atomic E-state index is 8.88. The molecule has 0 fully saturated rings. The van der Waals surface area contributed by atoms with Crippen molar-refractivity contribution in [3.05, 3.63) is 47.3 Å². The smallest absolute Gasteiger partial charge is 0.159 e. The molecule has 0 saturated heterocycles. The van der Waals surface area contributed by atoms with Crippen LogP contribution in [0.3, 0.4) is 0 Å². The summed E-state index contributed by atoms with van der Waals surface area (Å²) in [5, 5.41) is 8.88. The van der Waals surface area contributed by atoms with Crippen molar-refractivity contribution in [3.8, 4) is 17.5 Å². The van der Waals surface area contributed by atoms with Gasteiger partial charge >= 0.3 is 0 Å². The van der Waals surface area contributed by atoms with E-state index in [1.807, 2.05) is 30.5 Å². The lowest BCUT2D eigenvalue weighted by Crippen LogP contribution is -2.18. The molecule has 118 valence electrons. The number of hydrogen-bond acceptors (Lipinski definition) is 3. The second-order valence-corrected chi connectivity index (χ2v) is 6.71. The third kappa shape index (κ3) is 3.59. The summed E-state index contributed by atoms with van der Waals surface area (Å²) in [5.41, 5.74) is 4.18. The highest BCUT2D eigenvalue weighted by Gasteiger charge is 2.22. The summed E-state index contributed by atoms with van der Waals surface area (Å²) in [6.07, 6.45) is 8.00. The van der Waals surface area contributed by atoms with Crippen LogP contribution in [0.4, 0.5) is 0 Å². The second kappa shape index (κ2) is 6.91. The minimum atomic E-state index is 0.666. The maximum absolute atomic E-state index is 8.88. The van der Waals surface area contributed by atoms with Crippen LogP contribution in [0.5, 0.6) is 0 Å². The summed E-state index contributed by atoms with van der Waals surface area (Å²) in [6.45, 7) is 4.62. The van der Waals surface area contributed by atoms with Crippen molar-refractivity contribution in [2.75, 3.05) is 0 Å². The molecule has 0 N–H and O–H groups in total. The van der Waals surface area contributed by atoms with Crippen LogP contribution in [0.2, 0.25) is 0 Å². The van der Waals surface area contributed by atoms with Crippen LogP contribution in [-0.4, -0.2) is 9.97 Å². The minimum Gasteiger partial charge on any atom is -0.236 e. The van der Waals surface area contributed by atoms with Gasteiger partial charge in [-0.05, 0) is 67.3 Å². The Morgan fingerprint density at radius 2 is 2.09 bits per heavy atom. The number of aromatic nitrogens is 2. The third-order valence-electron chi connectivity index (χ3n) is 4.96. The van der Waals surface area contributed by atoms with E-state index in [1.54, 1.807) is 0 Å². The van der Waals surface area contributed by atoms with Gasteiger partial charge in [0.25, 0.3) is 0 Å². The summed E-state index contributed by atoms with van der Waals surface area (Å²) >= 11 is 0. The molecule has 2 aromatic rings. The van der Waals surface area contributed by atoms with Crippen molar-refractivity contribution in [1.82, 2.24) is 9.97 Å². The number of benzene rings is 1. The molecule has 0 aliphatic heterocycles. The van der Waals surface area contributed by atoms with Crippen LogP contribution in [-0.2, 0) is 12.8 Å². The normalized spacial score (nSPS) is 18.0. The van der Waals surface area contributed by atoms with Crippen molar-refractivity contribution >= 4 is 0 Å². The zero-order valence-corrected chi connectivity index (χ0v) is 13.9. The maximum Gasteiger partial charge on any atom is 0.159 e. The quantitative estimate of drug-likeness (QED) is 0.832. The number of rotatable bonds is 4. The zero-order valence-electron chi connectivity index (χ0n) is 13.9. The van der Waals surface area contributed by atoms with Crippen molar-refractivity contribution < 1.29 is 0 Å². The predicted molar refractivity (Wildman–Crippen MR) is 91.8 cm³/mol. The molecule has 0 spiro atoms. The molecule has 2 unspecified atom stereocenters. The number of fused-ring (bicyclic) bond motifs is 1. The molecule has 2 atom stereocenters. The van der Waals surface area contributed by atoms with Crippen molar-refractivity contribution in [2.45, 2.75) is 46.0 Å². The molecule has 1 aromatic heterocycles. The van der Waals surface area contributed by atoms with Gasteiger partial charge < -0.3 is 0 Å². The second-order valence-electron chi connectivity index (χ2n) is 6.71. The fourth-order valence-corrected chi connectivity index (χ4v) is 3.35. The molecule has 1 aromatic carbocycles.